The van der Waals surface area contributed by atoms with Crippen molar-refractivity contribution >= 4 is 16.9 Å². The summed E-state index contributed by atoms with van der Waals surface area (Å²) in [5, 5.41) is 8.91. The van der Waals surface area contributed by atoms with Crippen molar-refractivity contribution in [1.29, 1.82) is 0 Å². The molecule has 0 radical (unpaired) electrons. The molecule has 0 fully saturated rings. The molecule has 0 amide bonds. The van der Waals surface area contributed by atoms with Crippen LogP contribution in [0.15, 0.2) is 53.3 Å². The number of fused-ring (bicyclic) bond motifs is 1. The summed E-state index contributed by atoms with van der Waals surface area (Å²) in [5.41, 5.74) is -1.63. The van der Waals surface area contributed by atoms with Crippen LogP contribution in [0.2, 0.25) is 0 Å². The zero-order valence-corrected chi connectivity index (χ0v) is 11.1. The molecular weight excluding hydrogens is 292 g/mol. The fourth-order valence-electron chi connectivity index (χ4n) is 2.35. The molecule has 1 heterocycles. The number of rotatable bonds is 2. The minimum atomic E-state index is -1.70. The summed E-state index contributed by atoms with van der Waals surface area (Å²) in [6.45, 7) is 0. The van der Waals surface area contributed by atoms with Crippen molar-refractivity contribution < 1.29 is 18.7 Å². The lowest BCUT2D eigenvalue weighted by Crippen LogP contribution is -2.23. The highest BCUT2D eigenvalue weighted by atomic mass is 19.1. The average molecular weight is 301 g/mol. The summed E-state index contributed by atoms with van der Waals surface area (Å²) in [7, 11) is 0. The normalized spacial score (nSPS) is 10.8. The second-order valence-corrected chi connectivity index (χ2v) is 4.63. The Bertz CT molecular complexity index is 949. The number of aromatic nitrogens is 1. The Kier molecular flexibility index (Phi) is 3.21. The molecule has 110 valence electrons. The highest BCUT2D eigenvalue weighted by Crippen LogP contribution is 2.21. The van der Waals surface area contributed by atoms with Crippen LogP contribution in [0.5, 0.6) is 0 Å². The van der Waals surface area contributed by atoms with E-state index in [1.807, 2.05) is 0 Å². The number of carboxylic acids is 1. The van der Waals surface area contributed by atoms with E-state index in [4.69, 9.17) is 5.11 Å². The number of carbonyl (C=O) groups is 1. The summed E-state index contributed by atoms with van der Waals surface area (Å²) < 4.78 is 29.0. The third-order valence-corrected chi connectivity index (χ3v) is 3.30. The van der Waals surface area contributed by atoms with Gasteiger partial charge >= 0.3 is 5.97 Å². The molecular formula is C16H9F2NO3. The fourth-order valence-corrected chi connectivity index (χ4v) is 2.35. The maximum Gasteiger partial charge on any atom is 0.344 e. The summed E-state index contributed by atoms with van der Waals surface area (Å²) in [6, 6.07) is 11.3. The van der Waals surface area contributed by atoms with Gasteiger partial charge in [0.25, 0.3) is 0 Å². The van der Waals surface area contributed by atoms with Crippen LogP contribution in [-0.2, 0) is 0 Å². The van der Waals surface area contributed by atoms with Gasteiger partial charge in [-0.05, 0) is 30.3 Å². The van der Waals surface area contributed by atoms with Gasteiger partial charge in [-0.25, -0.2) is 9.18 Å². The van der Waals surface area contributed by atoms with Gasteiger partial charge in [0.1, 0.15) is 5.82 Å². The molecule has 0 saturated carbocycles. The van der Waals surface area contributed by atoms with Crippen LogP contribution < -0.4 is 5.43 Å². The third kappa shape index (κ3) is 2.05. The number of aromatic carboxylic acids is 1. The molecule has 2 aromatic carbocycles. The minimum Gasteiger partial charge on any atom is -0.477 e. The highest BCUT2D eigenvalue weighted by molar-refractivity contribution is 5.93. The Hall–Kier alpha value is -3.02. The summed E-state index contributed by atoms with van der Waals surface area (Å²) in [5.74, 6) is -3.59. The Morgan fingerprint density at radius 3 is 2.36 bits per heavy atom. The van der Waals surface area contributed by atoms with Crippen LogP contribution in [0.1, 0.15) is 10.4 Å². The molecule has 0 aliphatic rings. The molecule has 0 saturated heterocycles. The van der Waals surface area contributed by atoms with Crippen molar-refractivity contribution in [3.8, 4) is 5.69 Å². The van der Waals surface area contributed by atoms with Gasteiger partial charge in [0.05, 0.1) is 10.9 Å². The summed E-state index contributed by atoms with van der Waals surface area (Å²) >= 11 is 0. The quantitative estimate of drug-likeness (QED) is 0.740. The van der Waals surface area contributed by atoms with Gasteiger partial charge in [-0.1, -0.05) is 18.2 Å². The van der Waals surface area contributed by atoms with Crippen molar-refractivity contribution in [2.45, 2.75) is 0 Å². The topological polar surface area (TPSA) is 59.3 Å². The Balaban J connectivity index is 2.55. The smallest absolute Gasteiger partial charge is 0.344 e. The van der Waals surface area contributed by atoms with Crippen LogP contribution in [-0.4, -0.2) is 15.6 Å². The third-order valence-electron chi connectivity index (χ3n) is 3.30. The van der Waals surface area contributed by atoms with E-state index in [0.717, 1.165) is 16.7 Å². The number of hydrogen-bond acceptors (Lipinski definition) is 2. The van der Waals surface area contributed by atoms with Crippen LogP contribution in [0.4, 0.5) is 8.78 Å². The number of para-hydroxylation sites is 1. The Labute approximate surface area is 122 Å². The zero-order chi connectivity index (χ0) is 15.9. The van der Waals surface area contributed by atoms with E-state index in [1.165, 1.54) is 6.07 Å². The Morgan fingerprint density at radius 1 is 1.05 bits per heavy atom. The molecule has 0 unspecified atom stereocenters. The maximum absolute atomic E-state index is 14.6. The lowest BCUT2D eigenvalue weighted by molar-refractivity contribution is 0.0689. The second-order valence-electron chi connectivity index (χ2n) is 4.63. The molecule has 3 rings (SSSR count). The molecule has 3 aromatic rings. The molecule has 0 aliphatic heterocycles. The van der Waals surface area contributed by atoms with Crippen molar-refractivity contribution in [2.75, 3.05) is 0 Å². The van der Waals surface area contributed by atoms with Crippen LogP contribution in [0, 0.1) is 11.8 Å². The van der Waals surface area contributed by atoms with Gasteiger partial charge in [-0.2, -0.15) is 4.39 Å². The first-order valence-electron chi connectivity index (χ1n) is 6.33. The largest absolute Gasteiger partial charge is 0.477 e. The first-order valence-corrected chi connectivity index (χ1v) is 6.33. The summed E-state index contributed by atoms with van der Waals surface area (Å²) in [6.07, 6.45) is 0. The zero-order valence-electron chi connectivity index (χ0n) is 11.1. The van der Waals surface area contributed by atoms with Crippen LogP contribution >= 0.6 is 0 Å². The number of hydrogen-bond donors (Lipinski definition) is 1. The first-order chi connectivity index (χ1) is 10.5. The van der Waals surface area contributed by atoms with Crippen molar-refractivity contribution in [2.24, 2.45) is 0 Å². The maximum atomic E-state index is 14.6. The molecule has 6 heteroatoms. The van der Waals surface area contributed by atoms with Crippen molar-refractivity contribution in [3.05, 3.63) is 76.1 Å². The predicted octanol–water partition coefficient (Wildman–Crippen LogP) is 2.97. The monoisotopic (exact) mass is 301 g/mol. The minimum absolute atomic E-state index is 0.0973. The van der Waals surface area contributed by atoms with E-state index >= 15 is 0 Å². The Morgan fingerprint density at radius 2 is 1.73 bits per heavy atom. The van der Waals surface area contributed by atoms with Gasteiger partial charge in [-0.15, -0.1) is 0 Å². The lowest BCUT2D eigenvalue weighted by Gasteiger charge is -2.14. The second kappa shape index (κ2) is 5.07. The number of carboxylic acid groups (broad SMARTS) is 1. The molecule has 0 bridgehead atoms. The molecule has 22 heavy (non-hydrogen) atoms. The number of halogens is 2. The van der Waals surface area contributed by atoms with E-state index in [0.29, 0.717) is 5.69 Å². The van der Waals surface area contributed by atoms with E-state index in [9.17, 15) is 18.4 Å². The van der Waals surface area contributed by atoms with Crippen LogP contribution in [0.25, 0.3) is 16.6 Å². The van der Waals surface area contributed by atoms with Gasteiger partial charge in [0.15, 0.2) is 5.56 Å². The van der Waals surface area contributed by atoms with E-state index in [2.05, 4.69) is 0 Å². The SMILES string of the molecule is O=C(O)c1c(F)n(-c2ccccc2)c2ccc(F)cc2c1=O. The number of nitrogens with zero attached hydrogens (tertiary/aromatic N) is 1. The number of benzene rings is 2. The van der Waals surface area contributed by atoms with E-state index in [1.54, 1.807) is 30.3 Å². The first kappa shape index (κ1) is 13.9. The standard InChI is InChI=1S/C16H9F2NO3/c17-9-6-7-12-11(8-9)14(20)13(16(21)22)15(18)19(12)10-4-2-1-3-5-10/h1-8H,(H,21,22). The van der Waals surface area contributed by atoms with E-state index < -0.39 is 28.7 Å². The molecule has 0 atom stereocenters. The highest BCUT2D eigenvalue weighted by Gasteiger charge is 2.23. The van der Waals surface area contributed by atoms with Crippen LogP contribution in [0.3, 0.4) is 0 Å². The molecule has 1 N–H and O–H groups in total. The van der Waals surface area contributed by atoms with Gasteiger partial charge in [0, 0.05) is 5.69 Å². The lowest BCUT2D eigenvalue weighted by atomic mass is 10.1. The molecule has 0 spiro atoms. The van der Waals surface area contributed by atoms with Crippen molar-refractivity contribution in [3.63, 3.8) is 0 Å². The van der Waals surface area contributed by atoms with Gasteiger partial charge in [0.2, 0.25) is 11.4 Å². The number of pyridine rings is 1. The van der Waals surface area contributed by atoms with E-state index in [-0.39, 0.29) is 10.9 Å². The molecule has 4 nitrogen and oxygen atoms in total. The summed E-state index contributed by atoms with van der Waals surface area (Å²) in [4.78, 5) is 23.3. The van der Waals surface area contributed by atoms with Gasteiger partial charge < -0.3 is 5.11 Å². The average Bonchev–Trinajstić information content (AvgIpc) is 2.49. The molecule has 1 aromatic heterocycles. The fraction of sp³-hybridized carbons (Fsp3) is 0. The predicted molar refractivity (Wildman–Crippen MR) is 76.4 cm³/mol. The van der Waals surface area contributed by atoms with Gasteiger partial charge in [-0.3, -0.25) is 9.36 Å². The van der Waals surface area contributed by atoms with Crippen molar-refractivity contribution in [1.82, 2.24) is 4.57 Å². The molecule has 0 aliphatic carbocycles.